The van der Waals surface area contributed by atoms with Gasteiger partial charge < -0.3 is 10.0 Å². The lowest BCUT2D eigenvalue weighted by molar-refractivity contribution is -0.141. The van der Waals surface area contributed by atoms with Crippen molar-refractivity contribution in [3.05, 3.63) is 21.9 Å². The summed E-state index contributed by atoms with van der Waals surface area (Å²) in [5.41, 5.74) is 0. The van der Waals surface area contributed by atoms with Crippen LogP contribution in [0.1, 0.15) is 33.2 Å². The van der Waals surface area contributed by atoms with E-state index in [0.717, 1.165) is 16.2 Å². The highest BCUT2D eigenvalue weighted by molar-refractivity contribution is 7.15. The molecule has 1 aromatic heterocycles. The zero-order valence-electron chi connectivity index (χ0n) is 9.76. The van der Waals surface area contributed by atoms with Gasteiger partial charge in [-0.3, -0.25) is 9.59 Å². The molecule has 6 heteroatoms. The molecule has 0 aromatic carbocycles. The summed E-state index contributed by atoms with van der Waals surface area (Å²) in [7, 11) is 1.42. The van der Waals surface area contributed by atoms with Crippen LogP contribution in [0.4, 0.5) is 0 Å². The van der Waals surface area contributed by atoms with Crippen molar-refractivity contribution in [2.24, 2.45) is 0 Å². The monoisotopic (exact) mass is 255 g/mol. The summed E-state index contributed by atoms with van der Waals surface area (Å²) in [5.74, 6) is -1.57. The maximum atomic E-state index is 11.9. The molecular formula is C11H13NO4S. The first-order valence-corrected chi connectivity index (χ1v) is 5.77. The van der Waals surface area contributed by atoms with Crippen molar-refractivity contribution in [1.82, 2.24) is 4.90 Å². The molecule has 0 aliphatic heterocycles. The Kier molecular flexibility index (Phi) is 4.01. The SMILES string of the molecule is CC(=O)c1ccc(C(=O)N(C)C(C)C(=O)O)s1. The number of carbonyl (C=O) groups is 3. The van der Waals surface area contributed by atoms with E-state index in [0.29, 0.717) is 9.75 Å². The van der Waals surface area contributed by atoms with E-state index in [1.54, 1.807) is 6.07 Å². The Balaban J connectivity index is 2.89. The van der Waals surface area contributed by atoms with Gasteiger partial charge in [-0.2, -0.15) is 0 Å². The molecule has 0 saturated heterocycles. The van der Waals surface area contributed by atoms with Gasteiger partial charge in [0.25, 0.3) is 5.91 Å². The van der Waals surface area contributed by atoms with Crippen LogP contribution in [0, 0.1) is 0 Å². The molecule has 1 aromatic rings. The van der Waals surface area contributed by atoms with Gasteiger partial charge in [0.2, 0.25) is 0 Å². The molecule has 1 amide bonds. The number of carboxylic acid groups (broad SMARTS) is 1. The van der Waals surface area contributed by atoms with E-state index in [2.05, 4.69) is 0 Å². The topological polar surface area (TPSA) is 74.7 Å². The second-order valence-corrected chi connectivity index (χ2v) is 4.73. The molecule has 0 aliphatic rings. The number of carbonyl (C=O) groups excluding carboxylic acids is 2. The number of hydrogen-bond donors (Lipinski definition) is 1. The lowest BCUT2D eigenvalue weighted by Gasteiger charge is -2.20. The normalized spacial score (nSPS) is 11.9. The van der Waals surface area contributed by atoms with Crippen molar-refractivity contribution in [1.29, 1.82) is 0 Å². The van der Waals surface area contributed by atoms with E-state index < -0.39 is 17.9 Å². The van der Waals surface area contributed by atoms with Crippen LogP contribution in [0.15, 0.2) is 12.1 Å². The first kappa shape index (κ1) is 13.4. The minimum absolute atomic E-state index is 0.108. The maximum absolute atomic E-state index is 11.9. The van der Waals surface area contributed by atoms with E-state index in [4.69, 9.17) is 5.11 Å². The minimum Gasteiger partial charge on any atom is -0.480 e. The van der Waals surface area contributed by atoms with Gasteiger partial charge in [0.1, 0.15) is 6.04 Å². The predicted molar refractivity (Wildman–Crippen MR) is 63.5 cm³/mol. The molecule has 0 fully saturated rings. The fraction of sp³-hybridized carbons (Fsp3) is 0.364. The molecule has 1 N–H and O–H groups in total. The fourth-order valence-electron chi connectivity index (χ4n) is 1.16. The van der Waals surface area contributed by atoms with Crippen LogP contribution in [-0.4, -0.2) is 40.8 Å². The fourth-order valence-corrected chi connectivity index (χ4v) is 2.04. The highest BCUT2D eigenvalue weighted by Crippen LogP contribution is 2.19. The van der Waals surface area contributed by atoms with Crippen molar-refractivity contribution in [2.45, 2.75) is 19.9 Å². The molecule has 5 nitrogen and oxygen atoms in total. The lowest BCUT2D eigenvalue weighted by atomic mass is 10.3. The van der Waals surface area contributed by atoms with E-state index in [1.165, 1.54) is 27.0 Å². The van der Waals surface area contributed by atoms with Gasteiger partial charge in [0.05, 0.1) is 9.75 Å². The second-order valence-electron chi connectivity index (χ2n) is 3.65. The van der Waals surface area contributed by atoms with Gasteiger partial charge in [-0.05, 0) is 26.0 Å². The zero-order valence-corrected chi connectivity index (χ0v) is 10.6. The number of hydrogen-bond acceptors (Lipinski definition) is 4. The quantitative estimate of drug-likeness (QED) is 0.827. The van der Waals surface area contributed by atoms with Gasteiger partial charge in [-0.15, -0.1) is 11.3 Å². The molecular weight excluding hydrogens is 242 g/mol. The number of carboxylic acids is 1. The van der Waals surface area contributed by atoms with Gasteiger partial charge >= 0.3 is 5.97 Å². The number of thiophene rings is 1. The Bertz CT molecular complexity index is 466. The third-order valence-electron chi connectivity index (χ3n) is 2.42. The zero-order chi connectivity index (χ0) is 13.2. The van der Waals surface area contributed by atoms with Crippen molar-refractivity contribution < 1.29 is 19.5 Å². The number of amides is 1. The largest absolute Gasteiger partial charge is 0.480 e. The molecule has 0 saturated carbocycles. The average Bonchev–Trinajstić information content (AvgIpc) is 2.75. The van der Waals surface area contributed by atoms with Crippen molar-refractivity contribution in [3.8, 4) is 0 Å². The van der Waals surface area contributed by atoms with E-state index in [1.807, 2.05) is 0 Å². The van der Waals surface area contributed by atoms with Gasteiger partial charge in [0.15, 0.2) is 5.78 Å². The summed E-state index contributed by atoms with van der Waals surface area (Å²) in [5, 5.41) is 8.80. The molecule has 0 radical (unpaired) electrons. The first-order valence-electron chi connectivity index (χ1n) is 4.95. The Morgan fingerprint density at radius 1 is 1.29 bits per heavy atom. The number of rotatable bonds is 4. The van der Waals surface area contributed by atoms with Crippen LogP contribution in [0.5, 0.6) is 0 Å². The van der Waals surface area contributed by atoms with Crippen molar-refractivity contribution in [2.75, 3.05) is 7.05 Å². The molecule has 1 atom stereocenters. The molecule has 0 spiro atoms. The standard InChI is InChI=1S/C11H13NO4S/c1-6(11(15)16)12(3)10(14)9-5-4-8(17-9)7(2)13/h4-6H,1-3H3,(H,15,16). The molecule has 0 bridgehead atoms. The van der Waals surface area contributed by atoms with Crippen LogP contribution in [0.2, 0.25) is 0 Å². The number of ketones is 1. The summed E-state index contributed by atoms with van der Waals surface area (Å²) in [4.78, 5) is 35.7. The number of nitrogens with zero attached hydrogens (tertiary/aromatic N) is 1. The Labute approximate surface area is 103 Å². The smallest absolute Gasteiger partial charge is 0.326 e. The van der Waals surface area contributed by atoms with Crippen LogP contribution < -0.4 is 0 Å². The van der Waals surface area contributed by atoms with Crippen LogP contribution >= 0.6 is 11.3 Å². The summed E-state index contributed by atoms with van der Waals surface area (Å²) in [6, 6.07) is 2.21. The van der Waals surface area contributed by atoms with E-state index in [9.17, 15) is 14.4 Å². The van der Waals surface area contributed by atoms with E-state index >= 15 is 0 Å². The average molecular weight is 255 g/mol. The van der Waals surface area contributed by atoms with Crippen molar-refractivity contribution >= 4 is 29.0 Å². The number of Topliss-reactive ketones (excluding diaryl/α,β-unsaturated/α-hetero) is 1. The first-order chi connectivity index (χ1) is 7.84. The molecule has 1 unspecified atom stereocenters. The van der Waals surface area contributed by atoms with E-state index in [-0.39, 0.29) is 5.78 Å². The molecule has 0 aliphatic carbocycles. The Morgan fingerprint density at radius 3 is 2.24 bits per heavy atom. The van der Waals surface area contributed by atoms with Crippen LogP contribution in [0.3, 0.4) is 0 Å². The summed E-state index contributed by atoms with van der Waals surface area (Å²) in [6.07, 6.45) is 0. The molecule has 1 rings (SSSR count). The third-order valence-corrected chi connectivity index (χ3v) is 3.60. The molecule has 17 heavy (non-hydrogen) atoms. The number of likely N-dealkylation sites (N-methyl/N-ethyl adjacent to an activating group) is 1. The lowest BCUT2D eigenvalue weighted by Crippen LogP contribution is -2.39. The van der Waals surface area contributed by atoms with Crippen LogP contribution in [0.25, 0.3) is 0 Å². The second kappa shape index (κ2) is 5.09. The molecule has 1 heterocycles. The maximum Gasteiger partial charge on any atom is 0.326 e. The van der Waals surface area contributed by atoms with Gasteiger partial charge in [0, 0.05) is 7.05 Å². The van der Waals surface area contributed by atoms with Crippen molar-refractivity contribution in [3.63, 3.8) is 0 Å². The highest BCUT2D eigenvalue weighted by Gasteiger charge is 2.24. The number of aliphatic carboxylic acids is 1. The predicted octanol–water partition coefficient (Wildman–Crippen LogP) is 1.50. The summed E-state index contributed by atoms with van der Waals surface area (Å²) >= 11 is 1.07. The van der Waals surface area contributed by atoms with Gasteiger partial charge in [-0.1, -0.05) is 0 Å². The van der Waals surface area contributed by atoms with Crippen LogP contribution in [-0.2, 0) is 4.79 Å². The third kappa shape index (κ3) is 2.91. The molecule has 92 valence electrons. The highest BCUT2D eigenvalue weighted by atomic mass is 32.1. The Morgan fingerprint density at radius 2 is 1.82 bits per heavy atom. The van der Waals surface area contributed by atoms with Gasteiger partial charge in [-0.25, -0.2) is 4.79 Å². The minimum atomic E-state index is -1.07. The summed E-state index contributed by atoms with van der Waals surface area (Å²) in [6.45, 7) is 2.85. The summed E-state index contributed by atoms with van der Waals surface area (Å²) < 4.78 is 0. The Hall–Kier alpha value is -1.69.